The van der Waals surface area contributed by atoms with Gasteiger partial charge in [0.2, 0.25) is 0 Å². The summed E-state index contributed by atoms with van der Waals surface area (Å²) in [5.41, 5.74) is 1.29. The van der Waals surface area contributed by atoms with Crippen LogP contribution in [0.5, 0.6) is 0 Å². The molecule has 1 aromatic carbocycles. The Morgan fingerprint density at radius 3 is 2.87 bits per heavy atom. The third kappa shape index (κ3) is 2.49. The van der Waals surface area contributed by atoms with Crippen LogP contribution in [-0.4, -0.2) is 18.7 Å². The van der Waals surface area contributed by atoms with Gasteiger partial charge in [-0.05, 0) is 18.9 Å². The maximum Gasteiger partial charge on any atom is 0.407 e. The van der Waals surface area contributed by atoms with Crippen LogP contribution < -0.4 is 5.32 Å². The summed E-state index contributed by atoms with van der Waals surface area (Å²) in [6, 6.07) is 10.5. The molecule has 3 nitrogen and oxygen atoms in total. The van der Waals surface area contributed by atoms with Gasteiger partial charge in [0.1, 0.15) is 0 Å². The highest BCUT2D eigenvalue weighted by Crippen LogP contribution is 2.40. The average Bonchev–Trinajstić information content (AvgIpc) is 2.99. The first-order valence-corrected chi connectivity index (χ1v) is 5.29. The van der Waals surface area contributed by atoms with Gasteiger partial charge >= 0.3 is 6.09 Å². The zero-order valence-corrected chi connectivity index (χ0v) is 8.77. The van der Waals surface area contributed by atoms with Gasteiger partial charge in [-0.25, -0.2) is 4.79 Å². The topological polar surface area (TPSA) is 38.3 Å². The van der Waals surface area contributed by atoms with Crippen LogP contribution in [0.15, 0.2) is 30.3 Å². The van der Waals surface area contributed by atoms with E-state index in [0.29, 0.717) is 12.5 Å². The number of nitrogens with one attached hydrogen (secondary N) is 1. The lowest BCUT2D eigenvalue weighted by atomic mass is 10.1. The zero-order chi connectivity index (χ0) is 10.7. The van der Waals surface area contributed by atoms with Gasteiger partial charge < -0.3 is 10.1 Å². The number of hydrogen-bond acceptors (Lipinski definition) is 2. The molecular weight excluding hydrogens is 190 g/mol. The summed E-state index contributed by atoms with van der Waals surface area (Å²) in [5, 5.41) is 2.84. The minimum Gasteiger partial charge on any atom is -0.450 e. The van der Waals surface area contributed by atoms with Crippen LogP contribution in [0.1, 0.15) is 24.8 Å². The van der Waals surface area contributed by atoms with Gasteiger partial charge in [0.25, 0.3) is 0 Å². The van der Waals surface area contributed by atoms with E-state index in [1.165, 1.54) is 5.56 Å². The van der Waals surface area contributed by atoms with E-state index >= 15 is 0 Å². The first kappa shape index (κ1) is 10.0. The summed E-state index contributed by atoms with van der Waals surface area (Å²) < 4.78 is 4.83. The van der Waals surface area contributed by atoms with Crippen LogP contribution in [0.25, 0.3) is 0 Å². The van der Waals surface area contributed by atoms with Crippen LogP contribution in [0.2, 0.25) is 0 Å². The number of alkyl carbamates (subject to hydrolysis) is 1. The molecule has 0 heterocycles. The van der Waals surface area contributed by atoms with E-state index in [9.17, 15) is 4.79 Å². The molecule has 1 amide bonds. The monoisotopic (exact) mass is 205 g/mol. The van der Waals surface area contributed by atoms with Crippen molar-refractivity contribution in [3.05, 3.63) is 35.9 Å². The third-order valence-electron chi connectivity index (χ3n) is 2.60. The SMILES string of the molecule is CCOC(=O)N[C@H]1C[C@@H]1c1ccccc1. The van der Waals surface area contributed by atoms with Gasteiger partial charge in [-0.1, -0.05) is 30.3 Å². The van der Waals surface area contributed by atoms with Crippen molar-refractivity contribution in [2.45, 2.75) is 25.3 Å². The minimum atomic E-state index is -0.305. The Kier molecular flexibility index (Phi) is 2.90. The molecule has 0 bridgehead atoms. The third-order valence-corrected chi connectivity index (χ3v) is 2.60. The summed E-state index contributed by atoms with van der Waals surface area (Å²) in [7, 11) is 0. The molecule has 0 spiro atoms. The Hall–Kier alpha value is -1.51. The fraction of sp³-hybridized carbons (Fsp3) is 0.417. The normalized spacial score (nSPS) is 23.3. The Morgan fingerprint density at radius 1 is 1.47 bits per heavy atom. The molecule has 1 saturated carbocycles. The van der Waals surface area contributed by atoms with Crippen molar-refractivity contribution in [1.82, 2.24) is 5.32 Å². The summed E-state index contributed by atoms with van der Waals surface area (Å²) in [5.74, 6) is 0.468. The van der Waals surface area contributed by atoms with Gasteiger partial charge in [0.05, 0.1) is 6.61 Å². The largest absolute Gasteiger partial charge is 0.450 e. The van der Waals surface area contributed by atoms with Crippen LogP contribution in [0.4, 0.5) is 4.79 Å². The smallest absolute Gasteiger partial charge is 0.407 e. The van der Waals surface area contributed by atoms with Crippen molar-refractivity contribution in [2.75, 3.05) is 6.61 Å². The maximum absolute atomic E-state index is 11.1. The van der Waals surface area contributed by atoms with E-state index in [2.05, 4.69) is 17.4 Å². The number of carbonyl (C=O) groups is 1. The molecular formula is C12H15NO2. The van der Waals surface area contributed by atoms with Crippen molar-refractivity contribution in [2.24, 2.45) is 0 Å². The number of carbonyl (C=O) groups excluding carboxylic acids is 1. The summed E-state index contributed by atoms with van der Waals surface area (Å²) in [6.07, 6.45) is 0.712. The number of amides is 1. The summed E-state index contributed by atoms with van der Waals surface area (Å²) in [6.45, 7) is 2.23. The quantitative estimate of drug-likeness (QED) is 0.822. The van der Waals surface area contributed by atoms with Gasteiger partial charge in [0.15, 0.2) is 0 Å². The molecule has 0 aromatic heterocycles. The lowest BCUT2D eigenvalue weighted by Crippen LogP contribution is -2.27. The van der Waals surface area contributed by atoms with E-state index < -0.39 is 0 Å². The number of hydrogen-bond donors (Lipinski definition) is 1. The molecule has 0 radical (unpaired) electrons. The molecule has 1 aliphatic carbocycles. The Bertz CT molecular complexity index is 337. The fourth-order valence-electron chi connectivity index (χ4n) is 1.75. The van der Waals surface area contributed by atoms with Crippen molar-refractivity contribution in [1.29, 1.82) is 0 Å². The van der Waals surface area contributed by atoms with Crippen LogP contribution in [0.3, 0.4) is 0 Å². The van der Waals surface area contributed by atoms with Crippen molar-refractivity contribution < 1.29 is 9.53 Å². The lowest BCUT2D eigenvalue weighted by Gasteiger charge is -2.04. The van der Waals surface area contributed by atoms with Gasteiger partial charge in [-0.3, -0.25) is 0 Å². The van der Waals surface area contributed by atoms with Gasteiger partial charge in [0, 0.05) is 12.0 Å². The second kappa shape index (κ2) is 4.34. The molecule has 1 N–H and O–H groups in total. The lowest BCUT2D eigenvalue weighted by molar-refractivity contribution is 0.151. The van der Waals surface area contributed by atoms with Gasteiger partial charge in [-0.2, -0.15) is 0 Å². The van der Waals surface area contributed by atoms with Crippen LogP contribution >= 0.6 is 0 Å². The molecule has 0 unspecified atom stereocenters. The van der Waals surface area contributed by atoms with Crippen molar-refractivity contribution in [3.63, 3.8) is 0 Å². The highest BCUT2D eigenvalue weighted by molar-refractivity contribution is 5.68. The zero-order valence-electron chi connectivity index (χ0n) is 8.77. The fourth-order valence-corrected chi connectivity index (χ4v) is 1.75. The number of ether oxygens (including phenoxy) is 1. The molecule has 15 heavy (non-hydrogen) atoms. The van der Waals surface area contributed by atoms with Crippen molar-refractivity contribution >= 4 is 6.09 Å². The Labute approximate surface area is 89.4 Å². The van der Waals surface area contributed by atoms with E-state index in [-0.39, 0.29) is 12.1 Å². The highest BCUT2D eigenvalue weighted by atomic mass is 16.5. The molecule has 0 saturated heterocycles. The predicted molar refractivity (Wildman–Crippen MR) is 57.7 cm³/mol. The number of rotatable bonds is 3. The predicted octanol–water partition coefficient (Wildman–Crippen LogP) is 2.29. The van der Waals surface area contributed by atoms with Crippen molar-refractivity contribution in [3.8, 4) is 0 Å². The molecule has 3 heteroatoms. The van der Waals surface area contributed by atoms with Crippen LogP contribution in [-0.2, 0) is 4.74 Å². The average molecular weight is 205 g/mol. The minimum absolute atomic E-state index is 0.256. The second-order valence-corrected chi connectivity index (χ2v) is 3.72. The highest BCUT2D eigenvalue weighted by Gasteiger charge is 2.39. The van der Waals surface area contributed by atoms with E-state index in [1.807, 2.05) is 18.2 Å². The second-order valence-electron chi connectivity index (χ2n) is 3.72. The van der Waals surface area contributed by atoms with Crippen LogP contribution in [0, 0.1) is 0 Å². The maximum atomic E-state index is 11.1. The van der Waals surface area contributed by atoms with E-state index in [1.54, 1.807) is 6.92 Å². The molecule has 80 valence electrons. The molecule has 0 aliphatic heterocycles. The van der Waals surface area contributed by atoms with E-state index in [4.69, 9.17) is 4.74 Å². The molecule has 1 aliphatic rings. The first-order valence-electron chi connectivity index (χ1n) is 5.29. The van der Waals surface area contributed by atoms with E-state index in [0.717, 1.165) is 6.42 Å². The Morgan fingerprint density at radius 2 is 2.20 bits per heavy atom. The summed E-state index contributed by atoms with van der Waals surface area (Å²) in [4.78, 5) is 11.1. The first-order chi connectivity index (χ1) is 7.31. The molecule has 1 fully saturated rings. The Balaban J connectivity index is 1.84. The summed E-state index contributed by atoms with van der Waals surface area (Å²) >= 11 is 0. The molecule has 1 aromatic rings. The standard InChI is InChI=1S/C12H15NO2/c1-2-15-12(14)13-11-8-10(11)9-6-4-3-5-7-9/h3-7,10-11H,2,8H2,1H3,(H,13,14)/t10-,11+/m1/s1. The molecule has 2 atom stereocenters. The molecule has 2 rings (SSSR count). The van der Waals surface area contributed by atoms with Gasteiger partial charge in [-0.15, -0.1) is 0 Å². The number of benzene rings is 1.